The van der Waals surface area contributed by atoms with Crippen LogP contribution in [0.5, 0.6) is 0 Å². The second-order valence-electron chi connectivity index (χ2n) is 4.58. The summed E-state index contributed by atoms with van der Waals surface area (Å²) < 4.78 is 5.23. The van der Waals surface area contributed by atoms with Crippen LogP contribution in [-0.2, 0) is 6.42 Å². The zero-order chi connectivity index (χ0) is 14.1. The monoisotopic (exact) mass is 277 g/mol. The van der Waals surface area contributed by atoms with Crippen LogP contribution >= 0.6 is 0 Å². The minimum Gasteiger partial charge on any atom is -0.449 e. The third kappa shape index (κ3) is 2.16. The molecule has 4 aromatic heterocycles. The molecule has 0 aliphatic rings. The summed E-state index contributed by atoms with van der Waals surface area (Å²) in [7, 11) is 0. The highest BCUT2D eigenvalue weighted by Gasteiger charge is 2.10. The summed E-state index contributed by atoms with van der Waals surface area (Å²) >= 11 is 0. The van der Waals surface area contributed by atoms with Gasteiger partial charge in [-0.1, -0.05) is 0 Å². The van der Waals surface area contributed by atoms with Gasteiger partial charge < -0.3 is 9.40 Å². The Bertz CT molecular complexity index is 882. The molecule has 102 valence electrons. The van der Waals surface area contributed by atoms with Crippen molar-refractivity contribution in [1.29, 1.82) is 0 Å². The predicted octanol–water partition coefficient (Wildman–Crippen LogP) is 2.60. The van der Waals surface area contributed by atoms with Gasteiger partial charge in [-0.15, -0.1) is 0 Å². The Morgan fingerprint density at radius 3 is 3.00 bits per heavy atom. The summed E-state index contributed by atoms with van der Waals surface area (Å²) in [6.45, 7) is 0. The van der Waals surface area contributed by atoms with Gasteiger partial charge in [0.1, 0.15) is 12.1 Å². The van der Waals surface area contributed by atoms with E-state index in [0.29, 0.717) is 18.1 Å². The van der Waals surface area contributed by atoms with Crippen molar-refractivity contribution >= 4 is 10.9 Å². The first-order valence-corrected chi connectivity index (χ1v) is 6.52. The topological polar surface area (TPSA) is 80.5 Å². The van der Waals surface area contributed by atoms with E-state index < -0.39 is 0 Å². The Morgan fingerprint density at radius 1 is 1.10 bits per heavy atom. The van der Waals surface area contributed by atoms with Gasteiger partial charge in [0.15, 0.2) is 0 Å². The number of H-pyrrole nitrogens is 1. The van der Waals surface area contributed by atoms with Crippen molar-refractivity contribution in [2.24, 2.45) is 0 Å². The molecule has 0 saturated carbocycles. The number of rotatable bonds is 3. The highest BCUT2D eigenvalue weighted by molar-refractivity contribution is 5.93. The van der Waals surface area contributed by atoms with Crippen LogP contribution in [0.25, 0.3) is 22.2 Å². The van der Waals surface area contributed by atoms with Gasteiger partial charge in [-0.25, -0.2) is 15.0 Å². The van der Waals surface area contributed by atoms with E-state index in [1.54, 1.807) is 24.9 Å². The number of fused-ring (bicyclic) bond motifs is 1. The SMILES string of the molecule is c1cc2[nH]cc(-c3ccnc(Cc4ncco4)n3)c2cn1. The summed E-state index contributed by atoms with van der Waals surface area (Å²) in [6.07, 6.45) is 10.9. The lowest BCUT2D eigenvalue weighted by Gasteiger charge is -2.01. The largest absolute Gasteiger partial charge is 0.449 e. The minimum absolute atomic E-state index is 0.474. The Labute approximate surface area is 119 Å². The van der Waals surface area contributed by atoms with Crippen molar-refractivity contribution in [3.63, 3.8) is 0 Å². The molecule has 6 heteroatoms. The van der Waals surface area contributed by atoms with Crippen molar-refractivity contribution in [3.8, 4) is 11.3 Å². The number of nitrogens with zero attached hydrogens (tertiary/aromatic N) is 4. The van der Waals surface area contributed by atoms with Gasteiger partial charge in [-0.3, -0.25) is 4.98 Å². The number of hydrogen-bond donors (Lipinski definition) is 1. The standard InChI is InChI=1S/C15H11N5O/c1-3-16-8-10-11(9-19-12(1)10)13-2-4-17-14(20-13)7-15-18-5-6-21-15/h1-6,8-9,19H,7H2. The maximum absolute atomic E-state index is 5.23. The van der Waals surface area contributed by atoms with E-state index in [4.69, 9.17) is 4.42 Å². The van der Waals surface area contributed by atoms with E-state index in [9.17, 15) is 0 Å². The van der Waals surface area contributed by atoms with E-state index in [-0.39, 0.29) is 0 Å². The summed E-state index contributed by atoms with van der Waals surface area (Å²) in [5, 5.41) is 1.04. The zero-order valence-electron chi connectivity index (χ0n) is 11.0. The molecule has 4 rings (SSSR count). The van der Waals surface area contributed by atoms with Gasteiger partial charge >= 0.3 is 0 Å². The fraction of sp³-hybridized carbons (Fsp3) is 0.0667. The first-order valence-electron chi connectivity index (χ1n) is 6.52. The second kappa shape index (κ2) is 4.82. The lowest BCUT2D eigenvalue weighted by Crippen LogP contribution is -1.97. The van der Waals surface area contributed by atoms with Crippen molar-refractivity contribution in [3.05, 3.63) is 61.1 Å². The van der Waals surface area contributed by atoms with Crippen LogP contribution in [-0.4, -0.2) is 24.9 Å². The Morgan fingerprint density at radius 2 is 2.10 bits per heavy atom. The summed E-state index contributed by atoms with van der Waals surface area (Å²) in [5.74, 6) is 1.28. The molecule has 0 bridgehead atoms. The molecule has 21 heavy (non-hydrogen) atoms. The quantitative estimate of drug-likeness (QED) is 0.622. The average molecular weight is 277 g/mol. The Hall–Kier alpha value is -3.02. The molecule has 0 aliphatic carbocycles. The van der Waals surface area contributed by atoms with Crippen LogP contribution in [0.3, 0.4) is 0 Å². The maximum Gasteiger partial charge on any atom is 0.201 e. The third-order valence-electron chi connectivity index (χ3n) is 3.26. The van der Waals surface area contributed by atoms with E-state index in [1.165, 1.54) is 0 Å². The van der Waals surface area contributed by atoms with Crippen molar-refractivity contribution in [2.75, 3.05) is 0 Å². The van der Waals surface area contributed by atoms with Crippen LogP contribution in [0, 0.1) is 0 Å². The number of pyridine rings is 1. The average Bonchev–Trinajstić information content (AvgIpc) is 3.16. The number of aromatic nitrogens is 5. The van der Waals surface area contributed by atoms with E-state index >= 15 is 0 Å². The summed E-state index contributed by atoms with van der Waals surface area (Å²) in [6, 6.07) is 3.82. The van der Waals surface area contributed by atoms with Gasteiger partial charge in [-0.2, -0.15) is 0 Å². The molecule has 0 unspecified atom stereocenters. The third-order valence-corrected chi connectivity index (χ3v) is 3.26. The number of aromatic amines is 1. The van der Waals surface area contributed by atoms with Crippen LogP contribution in [0.15, 0.2) is 53.8 Å². The lowest BCUT2D eigenvalue weighted by atomic mass is 10.1. The highest BCUT2D eigenvalue weighted by Crippen LogP contribution is 2.26. The molecule has 0 aromatic carbocycles. The molecule has 1 N–H and O–H groups in total. The Kier molecular flexibility index (Phi) is 2.71. The first-order chi connectivity index (χ1) is 10.4. The molecule has 0 amide bonds. The number of hydrogen-bond acceptors (Lipinski definition) is 5. The lowest BCUT2D eigenvalue weighted by molar-refractivity contribution is 0.503. The van der Waals surface area contributed by atoms with Gasteiger partial charge in [0.05, 0.1) is 18.3 Å². The van der Waals surface area contributed by atoms with E-state index in [1.807, 2.05) is 24.5 Å². The molecule has 6 nitrogen and oxygen atoms in total. The predicted molar refractivity (Wildman–Crippen MR) is 76.4 cm³/mol. The summed E-state index contributed by atoms with van der Waals surface area (Å²) in [4.78, 5) is 20.3. The highest BCUT2D eigenvalue weighted by atomic mass is 16.3. The molecule has 0 fully saturated rings. The van der Waals surface area contributed by atoms with Crippen LogP contribution in [0.4, 0.5) is 0 Å². The molecule has 0 radical (unpaired) electrons. The normalized spacial score (nSPS) is 11.0. The van der Waals surface area contributed by atoms with Crippen molar-refractivity contribution < 1.29 is 4.42 Å². The second-order valence-corrected chi connectivity index (χ2v) is 4.58. The molecule has 4 heterocycles. The Balaban J connectivity index is 1.75. The molecular weight excluding hydrogens is 266 g/mol. The first kappa shape index (κ1) is 11.8. The molecule has 0 aliphatic heterocycles. The van der Waals surface area contributed by atoms with E-state index in [2.05, 4.69) is 24.9 Å². The maximum atomic E-state index is 5.23. The van der Waals surface area contributed by atoms with Crippen molar-refractivity contribution in [1.82, 2.24) is 24.9 Å². The molecule has 0 atom stereocenters. The molecular formula is C15H11N5O. The van der Waals surface area contributed by atoms with Gasteiger partial charge in [0.25, 0.3) is 0 Å². The van der Waals surface area contributed by atoms with Crippen LogP contribution < -0.4 is 0 Å². The van der Waals surface area contributed by atoms with Crippen LogP contribution in [0.2, 0.25) is 0 Å². The van der Waals surface area contributed by atoms with Gasteiger partial charge in [-0.05, 0) is 12.1 Å². The fourth-order valence-electron chi connectivity index (χ4n) is 2.28. The van der Waals surface area contributed by atoms with Gasteiger partial charge in [0, 0.05) is 41.3 Å². The van der Waals surface area contributed by atoms with Crippen LogP contribution in [0.1, 0.15) is 11.7 Å². The molecule has 4 aromatic rings. The molecule has 0 saturated heterocycles. The minimum atomic E-state index is 0.474. The van der Waals surface area contributed by atoms with E-state index in [0.717, 1.165) is 22.2 Å². The smallest absolute Gasteiger partial charge is 0.201 e. The number of nitrogens with one attached hydrogen (secondary N) is 1. The van der Waals surface area contributed by atoms with Gasteiger partial charge in [0.2, 0.25) is 5.89 Å². The summed E-state index contributed by atoms with van der Waals surface area (Å²) in [5.41, 5.74) is 2.90. The molecule has 0 spiro atoms. The van der Waals surface area contributed by atoms with Crippen molar-refractivity contribution in [2.45, 2.75) is 6.42 Å². The fourth-order valence-corrected chi connectivity index (χ4v) is 2.28. The zero-order valence-corrected chi connectivity index (χ0v) is 11.0. The number of oxazole rings is 1.